The number of benzene rings is 1. The molecular weight excluding hydrogens is 198 g/mol. The predicted octanol–water partition coefficient (Wildman–Crippen LogP) is 2.09. The van der Waals surface area contributed by atoms with Crippen molar-refractivity contribution in [1.29, 1.82) is 5.26 Å². The fourth-order valence-corrected chi connectivity index (χ4v) is 1.34. The van der Waals surface area contributed by atoms with Gasteiger partial charge in [-0.3, -0.25) is 0 Å². The van der Waals surface area contributed by atoms with Crippen molar-refractivity contribution < 1.29 is 0 Å². The van der Waals surface area contributed by atoms with E-state index in [9.17, 15) is 0 Å². The zero-order valence-electron chi connectivity index (χ0n) is 10.0. The van der Waals surface area contributed by atoms with Gasteiger partial charge in [-0.1, -0.05) is 18.2 Å². The molecule has 0 aliphatic heterocycles. The number of nitrogens with zero attached hydrogens (tertiary/aromatic N) is 3. The van der Waals surface area contributed by atoms with E-state index in [2.05, 4.69) is 23.1 Å². The van der Waals surface area contributed by atoms with Gasteiger partial charge in [-0.05, 0) is 18.2 Å². The van der Waals surface area contributed by atoms with Crippen molar-refractivity contribution in [3.63, 3.8) is 0 Å². The molecule has 0 heterocycles. The van der Waals surface area contributed by atoms with Gasteiger partial charge in [-0.15, -0.1) is 0 Å². The van der Waals surface area contributed by atoms with E-state index in [4.69, 9.17) is 5.26 Å². The van der Waals surface area contributed by atoms with Crippen molar-refractivity contribution in [1.82, 2.24) is 4.90 Å². The zero-order chi connectivity index (χ0) is 12.0. The second kappa shape index (κ2) is 5.82. The molecule has 0 aliphatic carbocycles. The second-order valence-corrected chi connectivity index (χ2v) is 3.81. The molecule has 0 aliphatic rings. The fraction of sp³-hybridized carbons (Fsp3) is 0.308. The third-order valence-corrected chi connectivity index (χ3v) is 2.35. The topological polar surface area (TPSA) is 30.3 Å². The van der Waals surface area contributed by atoms with Crippen LogP contribution in [0.15, 0.2) is 42.1 Å². The second-order valence-electron chi connectivity index (χ2n) is 3.81. The van der Waals surface area contributed by atoms with Gasteiger partial charge >= 0.3 is 0 Å². The molecule has 0 saturated heterocycles. The van der Waals surface area contributed by atoms with Gasteiger partial charge in [0.1, 0.15) is 11.8 Å². The SMILES string of the molecule is CN(C)/C(C#N)=C/CN(C)c1ccccc1. The highest BCUT2D eigenvalue weighted by Gasteiger charge is 2.00. The molecule has 3 heteroatoms. The molecule has 0 spiro atoms. The van der Waals surface area contributed by atoms with E-state index in [1.54, 1.807) is 0 Å². The normalized spacial score (nSPS) is 10.8. The van der Waals surface area contributed by atoms with E-state index >= 15 is 0 Å². The van der Waals surface area contributed by atoms with E-state index in [1.165, 1.54) is 0 Å². The summed E-state index contributed by atoms with van der Waals surface area (Å²) in [6.45, 7) is 0.727. The Kier molecular flexibility index (Phi) is 4.41. The highest BCUT2D eigenvalue weighted by atomic mass is 15.1. The molecule has 0 fully saturated rings. The maximum absolute atomic E-state index is 8.90. The third kappa shape index (κ3) is 3.32. The summed E-state index contributed by atoms with van der Waals surface area (Å²) in [4.78, 5) is 3.92. The van der Waals surface area contributed by atoms with Crippen LogP contribution in [-0.2, 0) is 0 Å². The maximum Gasteiger partial charge on any atom is 0.117 e. The lowest BCUT2D eigenvalue weighted by molar-refractivity contribution is 0.531. The average Bonchev–Trinajstić information content (AvgIpc) is 2.30. The molecule has 0 aromatic heterocycles. The smallest absolute Gasteiger partial charge is 0.117 e. The summed E-state index contributed by atoms with van der Waals surface area (Å²) in [7, 11) is 5.76. The number of rotatable bonds is 4. The van der Waals surface area contributed by atoms with Gasteiger partial charge in [-0.25, -0.2) is 0 Å². The highest BCUT2D eigenvalue weighted by molar-refractivity contribution is 5.45. The molecule has 0 atom stereocenters. The highest BCUT2D eigenvalue weighted by Crippen LogP contribution is 2.11. The van der Waals surface area contributed by atoms with Gasteiger partial charge in [0, 0.05) is 33.4 Å². The lowest BCUT2D eigenvalue weighted by atomic mass is 10.3. The Balaban J connectivity index is 2.66. The van der Waals surface area contributed by atoms with Crippen LogP contribution in [-0.4, -0.2) is 32.6 Å². The molecule has 1 aromatic rings. The number of anilines is 1. The molecule has 0 radical (unpaired) electrons. The first-order valence-corrected chi connectivity index (χ1v) is 5.19. The first-order valence-electron chi connectivity index (χ1n) is 5.19. The molecule has 84 valence electrons. The Labute approximate surface area is 97.2 Å². The summed E-state index contributed by atoms with van der Waals surface area (Å²) in [6, 6.07) is 12.3. The van der Waals surface area contributed by atoms with Gasteiger partial charge in [0.25, 0.3) is 0 Å². The van der Waals surface area contributed by atoms with Crippen LogP contribution in [0.5, 0.6) is 0 Å². The molecule has 1 rings (SSSR count). The van der Waals surface area contributed by atoms with Crippen molar-refractivity contribution >= 4 is 5.69 Å². The summed E-state index contributed by atoms with van der Waals surface area (Å²) in [6.07, 6.45) is 1.92. The molecule has 3 nitrogen and oxygen atoms in total. The van der Waals surface area contributed by atoms with Crippen LogP contribution in [0.1, 0.15) is 0 Å². The van der Waals surface area contributed by atoms with Crippen LogP contribution in [0.2, 0.25) is 0 Å². The lowest BCUT2D eigenvalue weighted by Crippen LogP contribution is -2.19. The minimum absolute atomic E-state index is 0.683. The maximum atomic E-state index is 8.90. The summed E-state index contributed by atoms with van der Waals surface area (Å²) in [5.41, 5.74) is 1.83. The van der Waals surface area contributed by atoms with E-state index in [0.717, 1.165) is 12.2 Å². The molecule has 16 heavy (non-hydrogen) atoms. The van der Waals surface area contributed by atoms with Crippen molar-refractivity contribution in [2.24, 2.45) is 0 Å². The van der Waals surface area contributed by atoms with Crippen molar-refractivity contribution in [2.45, 2.75) is 0 Å². The molecule has 0 N–H and O–H groups in total. The van der Waals surface area contributed by atoms with Crippen LogP contribution in [0.3, 0.4) is 0 Å². The standard InChI is InChI=1S/C13H17N3/c1-15(2)13(11-14)9-10-16(3)12-7-5-4-6-8-12/h4-9H,10H2,1-3H3/b13-9+. The number of allylic oxidation sites excluding steroid dienone is 1. The Morgan fingerprint density at radius 2 is 1.88 bits per heavy atom. The number of likely N-dealkylation sites (N-methyl/N-ethyl adjacent to an activating group) is 1. The van der Waals surface area contributed by atoms with Crippen molar-refractivity contribution in [3.05, 3.63) is 42.1 Å². The molecule has 0 amide bonds. The minimum Gasteiger partial charge on any atom is -0.371 e. The van der Waals surface area contributed by atoms with Crippen LogP contribution in [0.4, 0.5) is 5.69 Å². The molecule has 1 aromatic carbocycles. The summed E-state index contributed by atoms with van der Waals surface area (Å²) >= 11 is 0. The Morgan fingerprint density at radius 3 is 2.38 bits per heavy atom. The number of hydrogen-bond acceptors (Lipinski definition) is 3. The van der Waals surface area contributed by atoms with Crippen molar-refractivity contribution in [2.75, 3.05) is 32.6 Å². The van der Waals surface area contributed by atoms with E-state index < -0.39 is 0 Å². The third-order valence-electron chi connectivity index (χ3n) is 2.35. The van der Waals surface area contributed by atoms with Crippen molar-refractivity contribution in [3.8, 4) is 6.07 Å². The van der Waals surface area contributed by atoms with E-state index in [1.807, 2.05) is 50.3 Å². The monoisotopic (exact) mass is 215 g/mol. The molecule has 0 saturated carbocycles. The summed E-state index contributed by atoms with van der Waals surface area (Å²) in [5.74, 6) is 0. The van der Waals surface area contributed by atoms with Crippen LogP contribution < -0.4 is 4.90 Å². The van der Waals surface area contributed by atoms with Crippen LogP contribution in [0.25, 0.3) is 0 Å². The van der Waals surface area contributed by atoms with E-state index in [-0.39, 0.29) is 0 Å². The van der Waals surface area contributed by atoms with Gasteiger partial charge in [0.15, 0.2) is 0 Å². The van der Waals surface area contributed by atoms with Gasteiger partial charge in [0.2, 0.25) is 0 Å². The van der Waals surface area contributed by atoms with Gasteiger partial charge in [0.05, 0.1) is 0 Å². The first kappa shape index (κ1) is 12.1. The molecule has 0 bridgehead atoms. The Bertz CT molecular complexity index is 387. The molecule has 0 unspecified atom stereocenters. The van der Waals surface area contributed by atoms with Crippen LogP contribution in [0, 0.1) is 11.3 Å². The number of hydrogen-bond donors (Lipinski definition) is 0. The summed E-state index contributed by atoms with van der Waals surface area (Å²) in [5, 5.41) is 8.90. The summed E-state index contributed by atoms with van der Waals surface area (Å²) < 4.78 is 0. The van der Waals surface area contributed by atoms with Crippen LogP contribution >= 0.6 is 0 Å². The predicted molar refractivity (Wildman–Crippen MR) is 67.1 cm³/mol. The number of nitriles is 1. The zero-order valence-corrected chi connectivity index (χ0v) is 10.0. The lowest BCUT2D eigenvalue weighted by Gasteiger charge is -2.18. The largest absolute Gasteiger partial charge is 0.371 e. The first-order chi connectivity index (χ1) is 7.65. The Morgan fingerprint density at radius 1 is 1.25 bits per heavy atom. The van der Waals surface area contributed by atoms with Gasteiger partial charge < -0.3 is 9.80 Å². The Hall–Kier alpha value is -1.95. The number of para-hydroxylation sites is 1. The molecular formula is C13H17N3. The fourth-order valence-electron chi connectivity index (χ4n) is 1.34. The quantitative estimate of drug-likeness (QED) is 0.720. The van der Waals surface area contributed by atoms with Gasteiger partial charge in [-0.2, -0.15) is 5.26 Å². The minimum atomic E-state index is 0.683. The average molecular weight is 215 g/mol. The van der Waals surface area contributed by atoms with E-state index in [0.29, 0.717) is 5.70 Å².